The lowest BCUT2D eigenvalue weighted by atomic mass is 10.1. The lowest BCUT2D eigenvalue weighted by Crippen LogP contribution is -2.11. The molecule has 1 amide bonds. The minimum atomic E-state index is -0.471. The maximum atomic E-state index is 11.5. The number of aromatic nitrogens is 2. The van der Waals surface area contributed by atoms with Crippen LogP contribution in [0.1, 0.15) is 10.4 Å². The number of amides is 1. The first-order chi connectivity index (χ1) is 11.2. The Kier molecular flexibility index (Phi) is 3.20. The quantitative estimate of drug-likeness (QED) is 0.598. The summed E-state index contributed by atoms with van der Waals surface area (Å²) in [6.07, 6.45) is 0. The van der Waals surface area contributed by atoms with Crippen molar-refractivity contribution >= 4 is 28.3 Å². The molecule has 0 unspecified atom stereocenters. The monoisotopic (exact) mass is 319 g/mol. The molecule has 112 valence electrons. The number of thiophene rings is 1. The number of carbonyl (C=O) groups is 1. The molecule has 0 atom stereocenters. The van der Waals surface area contributed by atoms with Crippen LogP contribution in [0.2, 0.25) is 0 Å². The molecule has 0 saturated heterocycles. The summed E-state index contributed by atoms with van der Waals surface area (Å²) in [5, 5.41) is 4.18. The van der Waals surface area contributed by atoms with Crippen LogP contribution in [0.5, 0.6) is 0 Å². The first-order valence-corrected chi connectivity index (χ1v) is 8.08. The number of aromatic amines is 1. The summed E-state index contributed by atoms with van der Waals surface area (Å²) in [6, 6.07) is 15.7. The van der Waals surface area contributed by atoms with Crippen LogP contribution in [0.15, 0.2) is 59.3 Å². The molecule has 0 fully saturated rings. The number of nitrogens with one attached hydrogen (secondary N) is 1. The number of primary amides is 1. The van der Waals surface area contributed by atoms with E-state index in [4.69, 9.17) is 5.73 Å². The Labute approximate surface area is 136 Å². The molecule has 23 heavy (non-hydrogen) atoms. The Morgan fingerprint density at radius 2 is 1.78 bits per heavy atom. The van der Waals surface area contributed by atoms with Gasteiger partial charge in [-0.3, -0.25) is 4.79 Å². The molecule has 0 aliphatic rings. The summed E-state index contributed by atoms with van der Waals surface area (Å²) in [5.41, 5.74) is 10.6. The summed E-state index contributed by atoms with van der Waals surface area (Å²) in [4.78, 5) is 19.3. The van der Waals surface area contributed by atoms with Crippen LogP contribution in [0, 0.1) is 0 Å². The van der Waals surface area contributed by atoms with Gasteiger partial charge in [-0.2, -0.15) is 11.3 Å². The molecule has 4 nitrogen and oxygen atoms in total. The third-order valence-electron chi connectivity index (χ3n) is 3.79. The average Bonchev–Trinajstić information content (AvgIpc) is 3.24. The van der Waals surface area contributed by atoms with Crippen LogP contribution >= 0.6 is 11.3 Å². The van der Waals surface area contributed by atoms with Gasteiger partial charge in [-0.1, -0.05) is 30.3 Å². The number of benzene rings is 2. The van der Waals surface area contributed by atoms with Gasteiger partial charge in [0, 0.05) is 5.56 Å². The molecule has 3 N–H and O–H groups in total. The van der Waals surface area contributed by atoms with E-state index in [2.05, 4.69) is 38.9 Å². The van der Waals surface area contributed by atoms with E-state index < -0.39 is 5.91 Å². The van der Waals surface area contributed by atoms with Gasteiger partial charge in [0.15, 0.2) is 0 Å². The van der Waals surface area contributed by atoms with Crippen LogP contribution in [0.25, 0.3) is 33.5 Å². The minimum Gasteiger partial charge on any atom is -0.366 e. The van der Waals surface area contributed by atoms with Gasteiger partial charge in [-0.15, -0.1) is 0 Å². The van der Waals surface area contributed by atoms with Crippen LogP contribution in [0.4, 0.5) is 0 Å². The van der Waals surface area contributed by atoms with Crippen LogP contribution in [-0.4, -0.2) is 15.9 Å². The van der Waals surface area contributed by atoms with Gasteiger partial charge in [0.2, 0.25) is 0 Å². The number of imidazole rings is 1. The normalized spacial score (nSPS) is 11.0. The fourth-order valence-corrected chi connectivity index (χ4v) is 3.28. The lowest BCUT2D eigenvalue weighted by Gasteiger charge is -2.00. The van der Waals surface area contributed by atoms with Crippen molar-refractivity contribution in [2.75, 3.05) is 0 Å². The van der Waals surface area contributed by atoms with Gasteiger partial charge in [0.25, 0.3) is 5.91 Å². The van der Waals surface area contributed by atoms with E-state index >= 15 is 0 Å². The summed E-state index contributed by atoms with van der Waals surface area (Å²) >= 11 is 1.68. The summed E-state index contributed by atoms with van der Waals surface area (Å²) in [5.74, 6) is 0.257. The molecule has 0 bridgehead atoms. The SMILES string of the molecule is NC(=O)c1cccc2[nH]c(-c3ccc(-c4ccsc4)cc3)nc12. The number of fused-ring (bicyclic) bond motifs is 1. The van der Waals surface area contributed by atoms with E-state index in [-0.39, 0.29) is 0 Å². The predicted octanol–water partition coefficient (Wildman–Crippen LogP) is 4.06. The van der Waals surface area contributed by atoms with Crippen molar-refractivity contribution < 1.29 is 4.79 Å². The number of nitrogens with zero attached hydrogens (tertiary/aromatic N) is 1. The standard InChI is InChI=1S/C18H13N3OS/c19-17(22)14-2-1-3-15-16(14)21-18(20-15)12-6-4-11(5-7-12)13-8-9-23-10-13/h1-10H,(H2,19,22)(H,20,21). The first kappa shape index (κ1) is 13.7. The first-order valence-electron chi connectivity index (χ1n) is 7.14. The van der Waals surface area contributed by atoms with Crippen LogP contribution in [-0.2, 0) is 0 Å². The molecule has 4 rings (SSSR count). The van der Waals surface area contributed by atoms with Crippen molar-refractivity contribution in [3.05, 3.63) is 64.9 Å². The molecule has 0 aliphatic carbocycles. The molecule has 0 saturated carbocycles. The molecule has 2 aromatic heterocycles. The van der Waals surface area contributed by atoms with Crippen molar-refractivity contribution in [2.45, 2.75) is 0 Å². The van der Waals surface area contributed by atoms with Gasteiger partial charge in [0.1, 0.15) is 11.3 Å². The Hall–Kier alpha value is -2.92. The Bertz CT molecular complexity index is 985. The van der Waals surface area contributed by atoms with Gasteiger partial charge in [-0.25, -0.2) is 4.98 Å². The van der Waals surface area contributed by atoms with Crippen LogP contribution < -0.4 is 5.73 Å². The van der Waals surface area contributed by atoms with Crippen LogP contribution in [0.3, 0.4) is 0 Å². The summed E-state index contributed by atoms with van der Waals surface area (Å²) in [7, 11) is 0. The minimum absolute atomic E-state index is 0.430. The summed E-state index contributed by atoms with van der Waals surface area (Å²) < 4.78 is 0. The zero-order valence-electron chi connectivity index (χ0n) is 12.1. The topological polar surface area (TPSA) is 71.8 Å². The predicted molar refractivity (Wildman–Crippen MR) is 93.4 cm³/mol. The number of hydrogen-bond acceptors (Lipinski definition) is 3. The Morgan fingerprint density at radius 1 is 1.00 bits per heavy atom. The highest BCUT2D eigenvalue weighted by Gasteiger charge is 2.12. The lowest BCUT2D eigenvalue weighted by molar-refractivity contribution is 0.100. The van der Waals surface area contributed by atoms with Gasteiger partial charge in [-0.05, 0) is 40.1 Å². The molecular weight excluding hydrogens is 306 g/mol. The van der Waals surface area contributed by atoms with Crippen molar-refractivity contribution in [3.63, 3.8) is 0 Å². The van der Waals surface area contributed by atoms with Gasteiger partial charge in [0.05, 0.1) is 11.1 Å². The second-order valence-corrected chi connectivity index (χ2v) is 6.02. The molecular formula is C18H13N3OS. The van der Waals surface area contributed by atoms with Crippen molar-refractivity contribution in [1.82, 2.24) is 9.97 Å². The fourth-order valence-electron chi connectivity index (χ4n) is 2.62. The highest BCUT2D eigenvalue weighted by molar-refractivity contribution is 7.08. The van der Waals surface area contributed by atoms with Crippen molar-refractivity contribution in [3.8, 4) is 22.5 Å². The molecule has 2 heterocycles. The van der Waals surface area contributed by atoms with Crippen molar-refractivity contribution in [2.24, 2.45) is 5.73 Å². The second kappa shape index (κ2) is 5.37. The largest absolute Gasteiger partial charge is 0.366 e. The maximum Gasteiger partial charge on any atom is 0.250 e. The van der Waals surface area contributed by atoms with Gasteiger partial charge >= 0.3 is 0 Å². The molecule has 5 heteroatoms. The van der Waals surface area contributed by atoms with E-state index in [0.717, 1.165) is 16.9 Å². The Balaban J connectivity index is 1.77. The van der Waals surface area contributed by atoms with E-state index in [1.54, 1.807) is 23.5 Å². The average molecular weight is 319 g/mol. The number of carbonyl (C=O) groups excluding carboxylic acids is 1. The van der Waals surface area contributed by atoms with E-state index in [0.29, 0.717) is 11.1 Å². The second-order valence-electron chi connectivity index (χ2n) is 5.24. The number of nitrogens with two attached hydrogens (primary N) is 1. The highest BCUT2D eigenvalue weighted by atomic mass is 32.1. The van der Waals surface area contributed by atoms with Gasteiger partial charge < -0.3 is 10.7 Å². The molecule has 4 aromatic rings. The zero-order chi connectivity index (χ0) is 15.8. The van der Waals surface area contributed by atoms with E-state index in [1.165, 1.54) is 11.1 Å². The number of H-pyrrole nitrogens is 1. The van der Waals surface area contributed by atoms with E-state index in [1.807, 2.05) is 18.2 Å². The molecule has 0 aliphatic heterocycles. The third kappa shape index (κ3) is 2.41. The van der Waals surface area contributed by atoms with Crippen molar-refractivity contribution in [1.29, 1.82) is 0 Å². The fraction of sp³-hybridized carbons (Fsp3) is 0. The smallest absolute Gasteiger partial charge is 0.250 e. The summed E-state index contributed by atoms with van der Waals surface area (Å²) in [6.45, 7) is 0. The number of para-hydroxylation sites is 1. The molecule has 2 aromatic carbocycles. The molecule has 0 radical (unpaired) electrons. The number of rotatable bonds is 3. The molecule has 0 spiro atoms. The zero-order valence-corrected chi connectivity index (χ0v) is 12.9. The number of hydrogen-bond donors (Lipinski definition) is 2. The maximum absolute atomic E-state index is 11.5. The third-order valence-corrected chi connectivity index (χ3v) is 4.47. The Morgan fingerprint density at radius 3 is 2.48 bits per heavy atom. The highest BCUT2D eigenvalue weighted by Crippen LogP contribution is 2.27. The van der Waals surface area contributed by atoms with E-state index in [9.17, 15) is 4.79 Å².